The lowest BCUT2D eigenvalue weighted by Crippen LogP contribution is -1.91. The molecule has 0 bridgehead atoms. The number of ether oxygens (including phenoxy) is 2. The molecule has 0 amide bonds. The number of hydrogen-bond donors (Lipinski definition) is 1. The van der Waals surface area contributed by atoms with Crippen molar-refractivity contribution in [3.8, 4) is 11.6 Å². The molecule has 20 heavy (non-hydrogen) atoms. The van der Waals surface area contributed by atoms with Gasteiger partial charge in [-0.25, -0.2) is 9.97 Å². The first kappa shape index (κ1) is 12.7. The van der Waals surface area contributed by atoms with Crippen LogP contribution in [-0.2, 0) is 0 Å². The summed E-state index contributed by atoms with van der Waals surface area (Å²) in [7, 11) is 3.25. The quantitative estimate of drug-likeness (QED) is 0.796. The summed E-state index contributed by atoms with van der Waals surface area (Å²) >= 11 is 1.57. The van der Waals surface area contributed by atoms with Crippen LogP contribution >= 0.6 is 11.3 Å². The Kier molecular flexibility index (Phi) is 3.39. The molecule has 0 radical (unpaired) electrons. The van der Waals surface area contributed by atoms with Gasteiger partial charge < -0.3 is 14.8 Å². The zero-order valence-electron chi connectivity index (χ0n) is 11.1. The molecular weight excluding hydrogens is 274 g/mol. The number of pyridine rings is 1. The zero-order chi connectivity index (χ0) is 13.9. The number of thiazole rings is 1. The summed E-state index contributed by atoms with van der Waals surface area (Å²) < 4.78 is 11.3. The Bertz CT molecular complexity index is 725. The van der Waals surface area contributed by atoms with Crippen molar-refractivity contribution < 1.29 is 9.47 Å². The predicted octanol–water partition coefficient (Wildman–Crippen LogP) is 3.45. The first-order chi connectivity index (χ1) is 9.78. The van der Waals surface area contributed by atoms with E-state index in [4.69, 9.17) is 9.47 Å². The molecule has 0 saturated carbocycles. The number of benzene rings is 1. The summed E-state index contributed by atoms with van der Waals surface area (Å²) in [5, 5.41) is 4.05. The highest BCUT2D eigenvalue weighted by Crippen LogP contribution is 2.30. The predicted molar refractivity (Wildman–Crippen MR) is 80.2 cm³/mol. The van der Waals surface area contributed by atoms with Gasteiger partial charge in [0.1, 0.15) is 5.75 Å². The van der Waals surface area contributed by atoms with Gasteiger partial charge in [-0.2, -0.15) is 0 Å². The van der Waals surface area contributed by atoms with Crippen LogP contribution in [0.5, 0.6) is 11.6 Å². The van der Waals surface area contributed by atoms with Crippen molar-refractivity contribution in [1.82, 2.24) is 9.97 Å². The molecule has 0 spiro atoms. The van der Waals surface area contributed by atoms with Crippen LogP contribution in [0.4, 0.5) is 10.8 Å². The number of nitrogens with zero attached hydrogens (tertiary/aromatic N) is 2. The molecule has 1 N–H and O–H groups in total. The second-order valence-corrected chi connectivity index (χ2v) is 5.10. The molecule has 1 aromatic carbocycles. The number of rotatable bonds is 4. The Balaban J connectivity index is 1.86. The van der Waals surface area contributed by atoms with E-state index in [1.54, 1.807) is 37.8 Å². The number of anilines is 2. The molecule has 3 rings (SSSR count). The number of aromatic nitrogens is 2. The molecular formula is C14H13N3O2S. The van der Waals surface area contributed by atoms with E-state index in [1.807, 2.05) is 24.3 Å². The van der Waals surface area contributed by atoms with Crippen LogP contribution in [0.15, 0.2) is 36.5 Å². The van der Waals surface area contributed by atoms with E-state index in [1.165, 1.54) is 0 Å². The van der Waals surface area contributed by atoms with Gasteiger partial charge in [0.2, 0.25) is 5.88 Å². The van der Waals surface area contributed by atoms with Crippen LogP contribution in [0.1, 0.15) is 0 Å². The minimum atomic E-state index is 0.588. The zero-order valence-corrected chi connectivity index (χ0v) is 11.9. The maximum Gasteiger partial charge on any atom is 0.213 e. The van der Waals surface area contributed by atoms with E-state index in [0.29, 0.717) is 5.88 Å². The van der Waals surface area contributed by atoms with Crippen LogP contribution in [0.25, 0.3) is 10.2 Å². The van der Waals surface area contributed by atoms with Crippen molar-refractivity contribution in [3.63, 3.8) is 0 Å². The van der Waals surface area contributed by atoms with Crippen molar-refractivity contribution >= 4 is 32.4 Å². The molecule has 102 valence electrons. The summed E-state index contributed by atoms with van der Waals surface area (Å²) in [6.07, 6.45) is 1.71. The summed E-state index contributed by atoms with van der Waals surface area (Å²) in [6, 6.07) is 9.53. The number of methoxy groups -OCH3 is 2. The molecule has 2 aromatic heterocycles. The monoisotopic (exact) mass is 287 g/mol. The summed E-state index contributed by atoms with van der Waals surface area (Å²) in [6.45, 7) is 0. The van der Waals surface area contributed by atoms with E-state index >= 15 is 0 Å². The molecule has 0 unspecified atom stereocenters. The second kappa shape index (κ2) is 5.34. The first-order valence-electron chi connectivity index (χ1n) is 6.00. The topological polar surface area (TPSA) is 56.3 Å². The van der Waals surface area contributed by atoms with Gasteiger partial charge >= 0.3 is 0 Å². The van der Waals surface area contributed by atoms with E-state index in [2.05, 4.69) is 15.3 Å². The third kappa shape index (κ3) is 2.50. The largest absolute Gasteiger partial charge is 0.497 e. The van der Waals surface area contributed by atoms with Crippen LogP contribution in [0, 0.1) is 0 Å². The molecule has 6 heteroatoms. The van der Waals surface area contributed by atoms with E-state index in [-0.39, 0.29) is 0 Å². The average Bonchev–Trinajstić information content (AvgIpc) is 2.89. The Hall–Kier alpha value is -2.34. The van der Waals surface area contributed by atoms with Gasteiger partial charge in [-0.05, 0) is 24.3 Å². The van der Waals surface area contributed by atoms with Gasteiger partial charge in [0.15, 0.2) is 5.13 Å². The second-order valence-electron chi connectivity index (χ2n) is 4.07. The standard InChI is InChI=1S/C14H13N3O2S/c1-18-10-4-5-11-12(7-10)20-14(17-11)16-9-3-6-13(19-2)15-8-9/h3-8H,1-2H3,(H,16,17). The highest BCUT2D eigenvalue weighted by Gasteiger charge is 2.05. The van der Waals surface area contributed by atoms with Crippen molar-refractivity contribution in [2.75, 3.05) is 19.5 Å². The minimum Gasteiger partial charge on any atom is -0.497 e. The van der Waals surface area contributed by atoms with Gasteiger partial charge in [0, 0.05) is 6.07 Å². The number of hydrogen-bond acceptors (Lipinski definition) is 6. The fourth-order valence-electron chi connectivity index (χ4n) is 1.78. The lowest BCUT2D eigenvalue weighted by Gasteiger charge is -2.02. The minimum absolute atomic E-state index is 0.588. The molecule has 0 aliphatic rings. The average molecular weight is 287 g/mol. The molecule has 2 heterocycles. The lowest BCUT2D eigenvalue weighted by atomic mass is 10.3. The van der Waals surface area contributed by atoms with Gasteiger partial charge in [0.25, 0.3) is 0 Å². The smallest absolute Gasteiger partial charge is 0.213 e. The van der Waals surface area contributed by atoms with Crippen LogP contribution in [0.3, 0.4) is 0 Å². The van der Waals surface area contributed by atoms with Gasteiger partial charge in [-0.1, -0.05) is 11.3 Å². The molecule has 0 aliphatic carbocycles. The Labute approximate surface area is 120 Å². The maximum atomic E-state index is 5.21. The highest BCUT2D eigenvalue weighted by molar-refractivity contribution is 7.22. The van der Waals surface area contributed by atoms with Gasteiger partial charge in [-0.3, -0.25) is 0 Å². The highest BCUT2D eigenvalue weighted by atomic mass is 32.1. The van der Waals surface area contributed by atoms with E-state index < -0.39 is 0 Å². The van der Waals surface area contributed by atoms with Gasteiger partial charge in [-0.15, -0.1) is 0 Å². The number of nitrogens with one attached hydrogen (secondary N) is 1. The summed E-state index contributed by atoms with van der Waals surface area (Å²) in [5.41, 5.74) is 1.82. The third-order valence-corrected chi connectivity index (χ3v) is 3.73. The fraction of sp³-hybridized carbons (Fsp3) is 0.143. The van der Waals surface area contributed by atoms with Crippen molar-refractivity contribution in [1.29, 1.82) is 0 Å². The third-order valence-electron chi connectivity index (χ3n) is 2.79. The first-order valence-corrected chi connectivity index (χ1v) is 6.82. The lowest BCUT2D eigenvalue weighted by molar-refractivity contribution is 0.398. The molecule has 3 aromatic rings. The van der Waals surface area contributed by atoms with Crippen molar-refractivity contribution in [2.45, 2.75) is 0 Å². The van der Waals surface area contributed by atoms with E-state index in [0.717, 1.165) is 26.8 Å². The Morgan fingerprint density at radius 3 is 2.70 bits per heavy atom. The van der Waals surface area contributed by atoms with Crippen LogP contribution in [-0.4, -0.2) is 24.2 Å². The summed E-state index contributed by atoms with van der Waals surface area (Å²) in [4.78, 5) is 8.67. The van der Waals surface area contributed by atoms with Crippen LogP contribution < -0.4 is 14.8 Å². The number of fused-ring (bicyclic) bond motifs is 1. The molecule has 0 atom stereocenters. The van der Waals surface area contributed by atoms with Gasteiger partial charge in [0.05, 0.1) is 36.3 Å². The SMILES string of the molecule is COc1ccc2nc(Nc3ccc(OC)nc3)sc2c1. The Morgan fingerprint density at radius 1 is 1.10 bits per heavy atom. The normalized spacial score (nSPS) is 10.5. The maximum absolute atomic E-state index is 5.21. The van der Waals surface area contributed by atoms with E-state index in [9.17, 15) is 0 Å². The molecule has 0 fully saturated rings. The van der Waals surface area contributed by atoms with Crippen molar-refractivity contribution in [3.05, 3.63) is 36.5 Å². The van der Waals surface area contributed by atoms with Crippen LogP contribution in [0.2, 0.25) is 0 Å². The molecule has 0 saturated heterocycles. The molecule has 5 nitrogen and oxygen atoms in total. The summed E-state index contributed by atoms with van der Waals surface area (Å²) in [5.74, 6) is 1.42. The fourth-order valence-corrected chi connectivity index (χ4v) is 2.70. The Morgan fingerprint density at radius 2 is 2.00 bits per heavy atom. The molecule has 0 aliphatic heterocycles. The van der Waals surface area contributed by atoms with Crippen molar-refractivity contribution in [2.24, 2.45) is 0 Å².